The maximum Gasteiger partial charge on any atom is 0.468 e. The van der Waals surface area contributed by atoms with Crippen LogP contribution >= 0.6 is 0 Å². The van der Waals surface area contributed by atoms with Crippen LogP contribution < -0.4 is 5.73 Å². The first kappa shape index (κ1) is 12.6. The number of benzene rings is 1. The van der Waals surface area contributed by atoms with Gasteiger partial charge in [0.25, 0.3) is 0 Å². The zero-order chi connectivity index (χ0) is 13.3. The average molecular weight is 256 g/mol. The van der Waals surface area contributed by atoms with Gasteiger partial charge in [0.2, 0.25) is 0 Å². The summed E-state index contributed by atoms with van der Waals surface area (Å²) in [6.45, 7) is 1.83. The summed E-state index contributed by atoms with van der Waals surface area (Å²) in [7, 11) is 0. The van der Waals surface area contributed by atoms with E-state index in [1.165, 1.54) is 6.92 Å². The fourth-order valence-corrected chi connectivity index (χ4v) is 1.58. The standard InChI is InChI=1S/C12H11F3N2O/c1-7-10(17-11(18-7)12(13,14)15)9-4-2-8(6-16)3-5-9/h2-5H,6,16H2,1H3. The summed E-state index contributed by atoms with van der Waals surface area (Å²) >= 11 is 0. The zero-order valence-corrected chi connectivity index (χ0v) is 9.58. The highest BCUT2D eigenvalue weighted by atomic mass is 19.4. The van der Waals surface area contributed by atoms with Gasteiger partial charge in [-0.05, 0) is 12.5 Å². The highest BCUT2D eigenvalue weighted by Gasteiger charge is 2.38. The number of rotatable bonds is 2. The minimum absolute atomic E-state index is 0.142. The Hall–Kier alpha value is -1.82. The molecule has 96 valence electrons. The van der Waals surface area contributed by atoms with Gasteiger partial charge in [0.05, 0.1) is 0 Å². The van der Waals surface area contributed by atoms with Gasteiger partial charge in [-0.3, -0.25) is 0 Å². The normalized spacial score (nSPS) is 11.8. The van der Waals surface area contributed by atoms with E-state index in [4.69, 9.17) is 5.73 Å². The molecule has 3 nitrogen and oxygen atoms in total. The van der Waals surface area contributed by atoms with Crippen molar-refractivity contribution in [3.05, 3.63) is 41.5 Å². The third-order valence-electron chi connectivity index (χ3n) is 2.50. The summed E-state index contributed by atoms with van der Waals surface area (Å²) < 4.78 is 42.0. The molecule has 2 rings (SSSR count). The zero-order valence-electron chi connectivity index (χ0n) is 9.58. The fraction of sp³-hybridized carbons (Fsp3) is 0.250. The Balaban J connectivity index is 2.41. The number of hydrogen-bond acceptors (Lipinski definition) is 3. The predicted octanol–water partition coefficient (Wildman–Crippen LogP) is 3.13. The third-order valence-corrected chi connectivity index (χ3v) is 2.50. The van der Waals surface area contributed by atoms with Crippen molar-refractivity contribution in [3.63, 3.8) is 0 Å². The lowest BCUT2D eigenvalue weighted by molar-refractivity contribution is -0.157. The molecule has 0 radical (unpaired) electrons. The molecule has 0 bridgehead atoms. The molecule has 0 unspecified atom stereocenters. The van der Waals surface area contributed by atoms with Crippen molar-refractivity contribution < 1.29 is 17.6 Å². The van der Waals surface area contributed by atoms with Crippen LogP contribution in [-0.4, -0.2) is 4.98 Å². The van der Waals surface area contributed by atoms with Gasteiger partial charge in [-0.15, -0.1) is 0 Å². The molecule has 0 saturated heterocycles. The first-order valence-electron chi connectivity index (χ1n) is 5.26. The molecular formula is C12H11F3N2O. The van der Waals surface area contributed by atoms with Gasteiger partial charge in [0, 0.05) is 12.1 Å². The summed E-state index contributed by atoms with van der Waals surface area (Å²) in [6.07, 6.45) is -4.57. The number of nitrogens with two attached hydrogens (primary N) is 1. The van der Waals surface area contributed by atoms with Crippen molar-refractivity contribution in [2.45, 2.75) is 19.6 Å². The lowest BCUT2D eigenvalue weighted by Gasteiger charge is -2.00. The molecule has 0 aliphatic heterocycles. The predicted molar refractivity (Wildman–Crippen MR) is 59.6 cm³/mol. The summed E-state index contributed by atoms with van der Waals surface area (Å²) in [4.78, 5) is 3.48. The van der Waals surface area contributed by atoms with Crippen molar-refractivity contribution in [1.82, 2.24) is 4.98 Å². The number of halogens is 3. The molecule has 0 saturated carbocycles. The smallest absolute Gasteiger partial charge is 0.438 e. The quantitative estimate of drug-likeness (QED) is 0.898. The number of aryl methyl sites for hydroxylation is 1. The monoisotopic (exact) mass is 256 g/mol. The van der Waals surface area contributed by atoms with Crippen molar-refractivity contribution in [3.8, 4) is 11.3 Å². The van der Waals surface area contributed by atoms with E-state index in [1.807, 2.05) is 0 Å². The number of nitrogens with zero attached hydrogens (tertiary/aromatic N) is 1. The average Bonchev–Trinajstić information content (AvgIpc) is 2.71. The Kier molecular flexibility index (Phi) is 3.13. The molecule has 0 fully saturated rings. The summed E-state index contributed by atoms with van der Waals surface area (Å²) in [5.74, 6) is -1.08. The molecule has 2 N–H and O–H groups in total. The summed E-state index contributed by atoms with van der Waals surface area (Å²) in [6, 6.07) is 6.84. The minimum atomic E-state index is -4.57. The van der Waals surface area contributed by atoms with Crippen LogP contribution in [0.15, 0.2) is 28.7 Å². The summed E-state index contributed by atoms with van der Waals surface area (Å²) in [5.41, 5.74) is 7.12. The van der Waals surface area contributed by atoms with E-state index in [0.717, 1.165) is 5.56 Å². The van der Waals surface area contributed by atoms with Gasteiger partial charge in [-0.2, -0.15) is 13.2 Å². The van der Waals surface area contributed by atoms with Crippen molar-refractivity contribution in [2.24, 2.45) is 5.73 Å². The molecule has 1 aromatic carbocycles. The summed E-state index contributed by atoms with van der Waals surface area (Å²) in [5, 5.41) is 0. The molecule has 0 amide bonds. The Labute approximate surface area is 101 Å². The minimum Gasteiger partial charge on any atom is -0.438 e. The number of hydrogen-bond donors (Lipinski definition) is 1. The molecule has 0 aliphatic carbocycles. The van der Waals surface area contributed by atoms with E-state index >= 15 is 0 Å². The number of aromatic nitrogens is 1. The van der Waals surface area contributed by atoms with Crippen LogP contribution in [0.25, 0.3) is 11.3 Å². The molecule has 0 aliphatic rings. The van der Waals surface area contributed by atoms with Gasteiger partial charge in [0.15, 0.2) is 0 Å². The highest BCUT2D eigenvalue weighted by Crippen LogP contribution is 2.33. The van der Waals surface area contributed by atoms with E-state index in [2.05, 4.69) is 9.40 Å². The van der Waals surface area contributed by atoms with Crippen LogP contribution in [-0.2, 0) is 12.7 Å². The Morgan fingerprint density at radius 1 is 1.22 bits per heavy atom. The van der Waals surface area contributed by atoms with Crippen molar-refractivity contribution >= 4 is 0 Å². The molecular weight excluding hydrogens is 245 g/mol. The van der Waals surface area contributed by atoms with Crippen LogP contribution in [0.1, 0.15) is 17.2 Å². The second-order valence-electron chi connectivity index (χ2n) is 3.82. The molecule has 0 atom stereocenters. The van der Waals surface area contributed by atoms with E-state index in [9.17, 15) is 13.2 Å². The second-order valence-corrected chi connectivity index (χ2v) is 3.82. The van der Waals surface area contributed by atoms with E-state index in [1.54, 1.807) is 24.3 Å². The molecule has 18 heavy (non-hydrogen) atoms. The largest absolute Gasteiger partial charge is 0.468 e. The van der Waals surface area contributed by atoms with Crippen molar-refractivity contribution in [2.75, 3.05) is 0 Å². The topological polar surface area (TPSA) is 52.0 Å². The lowest BCUT2D eigenvalue weighted by atomic mass is 10.1. The maximum atomic E-state index is 12.4. The SMILES string of the molecule is Cc1oc(C(F)(F)F)nc1-c1ccc(CN)cc1. The van der Waals surface area contributed by atoms with Gasteiger partial charge in [0.1, 0.15) is 11.5 Å². The van der Waals surface area contributed by atoms with Crippen molar-refractivity contribution in [1.29, 1.82) is 0 Å². The van der Waals surface area contributed by atoms with Gasteiger partial charge < -0.3 is 10.2 Å². The van der Waals surface area contributed by atoms with Gasteiger partial charge in [-0.25, -0.2) is 4.98 Å². The van der Waals surface area contributed by atoms with Crippen LogP contribution in [0.4, 0.5) is 13.2 Å². The molecule has 2 aromatic rings. The first-order valence-corrected chi connectivity index (χ1v) is 5.26. The molecule has 1 heterocycles. The van der Waals surface area contributed by atoms with Crippen LogP contribution in [0.5, 0.6) is 0 Å². The molecule has 6 heteroatoms. The van der Waals surface area contributed by atoms with Crippen LogP contribution in [0, 0.1) is 6.92 Å². The Morgan fingerprint density at radius 2 is 1.83 bits per heavy atom. The second kappa shape index (κ2) is 4.45. The maximum absolute atomic E-state index is 12.4. The van der Waals surface area contributed by atoms with Crippen LogP contribution in [0.3, 0.4) is 0 Å². The van der Waals surface area contributed by atoms with E-state index in [0.29, 0.717) is 12.1 Å². The molecule has 1 aromatic heterocycles. The third kappa shape index (κ3) is 2.38. The van der Waals surface area contributed by atoms with Crippen LogP contribution in [0.2, 0.25) is 0 Å². The van der Waals surface area contributed by atoms with Gasteiger partial charge in [-0.1, -0.05) is 24.3 Å². The Morgan fingerprint density at radius 3 is 2.28 bits per heavy atom. The lowest BCUT2D eigenvalue weighted by Crippen LogP contribution is -2.04. The first-order chi connectivity index (χ1) is 8.41. The fourth-order valence-electron chi connectivity index (χ4n) is 1.58. The van der Waals surface area contributed by atoms with E-state index < -0.39 is 12.1 Å². The Bertz CT molecular complexity index is 543. The van der Waals surface area contributed by atoms with Gasteiger partial charge >= 0.3 is 12.1 Å². The number of alkyl halides is 3. The number of oxazole rings is 1. The highest BCUT2D eigenvalue weighted by molar-refractivity contribution is 5.61. The molecule has 0 spiro atoms. The van der Waals surface area contributed by atoms with E-state index in [-0.39, 0.29) is 11.5 Å².